The third-order valence-electron chi connectivity index (χ3n) is 22.3. The predicted molar refractivity (Wildman–Crippen MR) is 322 cm³/mol. The molecule has 0 aromatic heterocycles. The van der Waals surface area contributed by atoms with E-state index in [1.165, 1.54) is 93.4 Å². The highest BCUT2D eigenvalue weighted by Crippen LogP contribution is 2.64. The van der Waals surface area contributed by atoms with Gasteiger partial charge in [-0.25, -0.2) is 0 Å². The zero-order chi connectivity index (χ0) is 50.1. The second kappa shape index (κ2) is 22.8. The molecule has 3 saturated carbocycles. The molecule has 3 heteroatoms. The summed E-state index contributed by atoms with van der Waals surface area (Å²) in [5, 5.41) is 0. The van der Waals surface area contributed by atoms with Crippen molar-refractivity contribution in [2.45, 2.75) is 223 Å². The van der Waals surface area contributed by atoms with Gasteiger partial charge in [0.1, 0.15) is 0 Å². The lowest BCUT2D eigenvalue weighted by Crippen LogP contribution is -2.46. The van der Waals surface area contributed by atoms with E-state index >= 15 is 0 Å². The van der Waals surface area contributed by atoms with Gasteiger partial charge in [0.25, 0.3) is 0 Å². The zero-order valence-electron chi connectivity index (χ0n) is 47.3. The molecule has 3 aromatic rings. The lowest BCUT2D eigenvalue weighted by molar-refractivity contribution is 0.511. The maximum absolute atomic E-state index is 2.66. The Hall–Kier alpha value is -2.47. The summed E-state index contributed by atoms with van der Waals surface area (Å²) in [6, 6.07) is 38.8. The molecule has 11 rings (SSSR count). The van der Waals surface area contributed by atoms with Gasteiger partial charge in [0.15, 0.2) is 0 Å². The Morgan fingerprint density at radius 1 is 0.465 bits per heavy atom. The van der Waals surface area contributed by atoms with Crippen molar-refractivity contribution >= 4 is 42.4 Å². The van der Waals surface area contributed by atoms with E-state index in [2.05, 4.69) is 185 Å². The normalized spacial score (nSPS) is 33.7. The molecule has 386 valence electrons. The number of hydrogen-bond donors (Lipinski definition) is 0. The Morgan fingerprint density at radius 2 is 0.817 bits per heavy atom. The van der Waals surface area contributed by atoms with Crippen molar-refractivity contribution in [1.29, 1.82) is 0 Å². The molecule has 5 fully saturated rings. The van der Waals surface area contributed by atoms with Crippen LogP contribution in [0.3, 0.4) is 0 Å². The topological polar surface area (TPSA) is 0 Å². The molecule has 15 unspecified atom stereocenters. The summed E-state index contributed by atoms with van der Waals surface area (Å²) < 4.78 is 0. The maximum Gasteiger partial charge on any atom is 0.0578 e. The summed E-state index contributed by atoms with van der Waals surface area (Å²) in [7, 11) is -3.50. The van der Waals surface area contributed by atoms with Crippen LogP contribution in [0.5, 0.6) is 0 Å². The quantitative estimate of drug-likeness (QED) is 0.159. The molecule has 3 aromatic carbocycles. The molecule has 15 atom stereocenters. The summed E-state index contributed by atoms with van der Waals surface area (Å²) in [6.45, 7) is 27.8. The van der Waals surface area contributed by atoms with Crippen molar-refractivity contribution in [3.8, 4) is 0 Å². The van der Waals surface area contributed by atoms with Crippen LogP contribution in [-0.2, 0) is 0 Å². The van der Waals surface area contributed by atoms with Crippen molar-refractivity contribution < 1.29 is 0 Å². The first kappa shape index (κ1) is 53.4. The van der Waals surface area contributed by atoms with Crippen LogP contribution >= 0.6 is 0 Å². The fourth-order valence-corrected chi connectivity index (χ4v) is 40.1. The van der Waals surface area contributed by atoms with E-state index in [0.717, 1.165) is 87.6 Å². The van der Waals surface area contributed by atoms with Crippen molar-refractivity contribution in [2.75, 3.05) is 0 Å². The van der Waals surface area contributed by atoms with Gasteiger partial charge < -0.3 is 0 Å². The van der Waals surface area contributed by atoms with Crippen LogP contribution in [0.2, 0.25) is 72.0 Å². The van der Waals surface area contributed by atoms with E-state index in [1.807, 2.05) is 0 Å². The van der Waals surface area contributed by atoms with Crippen LogP contribution < -0.4 is 0 Å². The highest BCUT2D eigenvalue weighted by Gasteiger charge is 2.56. The molecular formula is C68H102Si3. The average molecular weight is 1000 g/mol. The average Bonchev–Trinajstić information content (AvgIpc) is 4.17. The van der Waals surface area contributed by atoms with Gasteiger partial charge in [-0.05, 0) is 140 Å². The Morgan fingerprint density at radius 3 is 1.23 bits per heavy atom. The summed E-state index contributed by atoms with van der Waals surface area (Å²) >= 11 is 0. The van der Waals surface area contributed by atoms with Crippen LogP contribution in [0, 0.1) is 53.3 Å². The zero-order valence-corrected chi connectivity index (χ0v) is 50.3. The second-order valence-electron chi connectivity index (χ2n) is 27.4. The minimum Gasteiger partial charge on any atom is -0.0802 e. The fourth-order valence-electron chi connectivity index (χ4n) is 19.3. The van der Waals surface area contributed by atoms with Crippen LogP contribution in [0.1, 0.15) is 184 Å². The van der Waals surface area contributed by atoms with Crippen LogP contribution in [-0.4, -0.2) is 24.2 Å². The van der Waals surface area contributed by atoms with E-state index in [1.54, 1.807) is 53.0 Å². The molecule has 0 nitrogen and oxygen atoms in total. The van der Waals surface area contributed by atoms with Crippen molar-refractivity contribution in [2.24, 2.45) is 53.3 Å². The lowest BCUT2D eigenvalue weighted by atomic mass is 9.81. The summed E-state index contributed by atoms with van der Waals surface area (Å²) in [5.41, 5.74) is 12.4. The highest BCUT2D eigenvalue weighted by atomic mass is 28.3. The lowest BCUT2D eigenvalue weighted by Gasteiger charge is -2.46. The van der Waals surface area contributed by atoms with Gasteiger partial charge in [0.2, 0.25) is 0 Å². The van der Waals surface area contributed by atoms with E-state index in [9.17, 15) is 0 Å². The van der Waals surface area contributed by atoms with Gasteiger partial charge in [-0.1, -0.05) is 278 Å². The van der Waals surface area contributed by atoms with E-state index < -0.39 is 24.2 Å². The van der Waals surface area contributed by atoms with Crippen molar-refractivity contribution in [3.05, 3.63) is 124 Å². The standard InChI is InChI=1S/C24H36Si.C23H34Si.C21H32Si/c1-4-18(2)17-25(14-8-5-9-15-25)24-19(3)16-23-21-11-7-6-10-20(21)12-13-22(23)24;1-4-17(2)16-24(13-7-8-14-24)23-18(3)15-22-20-10-6-5-9-19(20)11-12-21(22)23;1-6-15(2)14-22(4,5)21-16(3)13-20-18-10-8-7-9-17(18)11-12-19(20)21/h6-7,10-13,18-19,22-24H,4-5,8-9,14-17H2,1-3H3;5-6,9-12,17-18,21-23H,4,7-8,13-16H2,1-3H3;7-12,15-16,19-21H,6,13-14H2,1-5H3. The Labute approximate surface area is 440 Å². The molecule has 8 aliphatic rings. The second-order valence-corrected chi connectivity index (χ2v) is 42.0. The molecule has 0 N–H and O–H groups in total. The molecule has 2 saturated heterocycles. The number of benzene rings is 3. The number of allylic oxidation sites excluding steroid dienone is 3. The first-order chi connectivity index (χ1) is 34.2. The van der Waals surface area contributed by atoms with Gasteiger partial charge in [-0.3, -0.25) is 0 Å². The van der Waals surface area contributed by atoms with Crippen LogP contribution in [0.4, 0.5) is 0 Å². The molecule has 0 spiro atoms. The molecule has 2 heterocycles. The van der Waals surface area contributed by atoms with E-state index in [0.29, 0.717) is 0 Å². The predicted octanol–water partition coefficient (Wildman–Crippen LogP) is 21.2. The third-order valence-corrected chi connectivity index (χ3v) is 39.9. The molecule has 0 radical (unpaired) electrons. The SMILES string of the molecule is CCC(C)C[Si](C)(C)C1C(C)CC2c3ccccc3C=CC21.CCC(C)C[Si]1(C2C(C)CC3c4ccccc4C=CC32)CCCC1.CCC(C)C[Si]1(C2C(C)CC3c4ccccc4C=CC32)CCCCC1. The van der Waals surface area contributed by atoms with Crippen molar-refractivity contribution in [1.82, 2.24) is 0 Å². The van der Waals surface area contributed by atoms with E-state index in [-0.39, 0.29) is 0 Å². The summed E-state index contributed by atoms with van der Waals surface area (Å²) in [6.07, 6.45) is 31.2. The van der Waals surface area contributed by atoms with Crippen molar-refractivity contribution in [3.63, 3.8) is 0 Å². The van der Waals surface area contributed by atoms with Gasteiger partial charge >= 0.3 is 0 Å². The first-order valence-corrected chi connectivity index (χ1v) is 39.2. The molecule has 0 bridgehead atoms. The number of rotatable bonds is 12. The minimum atomic E-state index is -1.20. The smallest absolute Gasteiger partial charge is 0.0578 e. The first-order valence-electron chi connectivity index (χ1n) is 30.5. The number of fused-ring (bicyclic) bond motifs is 9. The van der Waals surface area contributed by atoms with Crippen LogP contribution in [0.15, 0.2) is 91.0 Å². The van der Waals surface area contributed by atoms with Gasteiger partial charge in [-0.2, -0.15) is 0 Å². The maximum atomic E-state index is 2.66. The highest BCUT2D eigenvalue weighted by molar-refractivity contribution is 6.82. The number of hydrogen-bond acceptors (Lipinski definition) is 0. The Kier molecular flexibility index (Phi) is 17.1. The molecule has 0 amide bonds. The van der Waals surface area contributed by atoms with E-state index in [4.69, 9.17) is 0 Å². The fraction of sp³-hybridized carbons (Fsp3) is 0.647. The Bertz CT molecular complexity index is 2300. The molecular weight excluding hydrogens is 901 g/mol. The van der Waals surface area contributed by atoms with Gasteiger partial charge in [0, 0.05) is 0 Å². The summed E-state index contributed by atoms with van der Waals surface area (Å²) in [5.74, 6) is 10.4. The molecule has 71 heavy (non-hydrogen) atoms. The minimum absolute atomic E-state index is 0.782. The van der Waals surface area contributed by atoms with Crippen LogP contribution in [0.25, 0.3) is 18.2 Å². The third kappa shape index (κ3) is 10.8. The summed E-state index contributed by atoms with van der Waals surface area (Å²) in [4.78, 5) is 0. The Balaban J connectivity index is 0.000000132. The largest absolute Gasteiger partial charge is 0.0802 e. The molecule has 6 aliphatic carbocycles. The van der Waals surface area contributed by atoms with Gasteiger partial charge in [0.05, 0.1) is 24.2 Å². The monoisotopic (exact) mass is 1000 g/mol. The molecule has 2 aliphatic heterocycles. The van der Waals surface area contributed by atoms with Gasteiger partial charge in [-0.15, -0.1) is 0 Å².